The van der Waals surface area contributed by atoms with Gasteiger partial charge in [-0.2, -0.15) is 5.26 Å². The molecule has 3 heteroatoms. The van der Waals surface area contributed by atoms with Crippen molar-refractivity contribution in [3.05, 3.63) is 36.3 Å². The lowest BCUT2D eigenvalue weighted by Gasteiger charge is -1.79. The van der Waals surface area contributed by atoms with Gasteiger partial charge in [0.05, 0.1) is 6.08 Å². The topological polar surface area (TPSA) is 61.1 Å². The summed E-state index contributed by atoms with van der Waals surface area (Å²) >= 11 is 0. The molecule has 0 saturated carbocycles. The van der Waals surface area contributed by atoms with Crippen LogP contribution in [0.3, 0.4) is 0 Å². The number of carboxylic acid groups (broad SMARTS) is 1. The molecule has 0 unspecified atom stereocenters. The maximum atomic E-state index is 9.60. The lowest BCUT2D eigenvalue weighted by atomic mass is 10.4. The van der Waals surface area contributed by atoms with Crippen LogP contribution in [0.25, 0.3) is 0 Å². The van der Waals surface area contributed by atoms with E-state index >= 15 is 0 Å². The Morgan fingerprint density at radius 3 is 2.17 bits per heavy atom. The average molecular weight is 163 g/mol. The van der Waals surface area contributed by atoms with E-state index in [0.717, 1.165) is 0 Å². The second kappa shape index (κ2) is 9.00. The highest BCUT2D eigenvalue weighted by Gasteiger charge is 1.90. The van der Waals surface area contributed by atoms with Gasteiger partial charge in [0.25, 0.3) is 0 Å². The van der Waals surface area contributed by atoms with Gasteiger partial charge in [0, 0.05) is 5.57 Å². The first kappa shape index (κ1) is 12.7. The lowest BCUT2D eigenvalue weighted by molar-refractivity contribution is -0.132. The number of aliphatic carboxylic acids is 1. The Hall–Kier alpha value is -2.00. The summed E-state index contributed by atoms with van der Waals surface area (Å²) in [5, 5.41) is 15.7. The highest BCUT2D eigenvalue weighted by atomic mass is 16.4. The maximum absolute atomic E-state index is 9.60. The van der Waals surface area contributed by atoms with Crippen molar-refractivity contribution in [1.29, 1.82) is 5.26 Å². The largest absolute Gasteiger partial charge is 0.478 e. The van der Waals surface area contributed by atoms with Gasteiger partial charge in [-0.3, -0.25) is 0 Å². The van der Waals surface area contributed by atoms with E-state index in [4.69, 9.17) is 10.4 Å². The van der Waals surface area contributed by atoms with Crippen molar-refractivity contribution in [2.24, 2.45) is 0 Å². The number of hydrogen-bond donors (Lipinski definition) is 1. The maximum Gasteiger partial charge on any atom is 0.330 e. The van der Waals surface area contributed by atoms with Crippen molar-refractivity contribution in [3.8, 4) is 6.07 Å². The Balaban J connectivity index is 0. The molecule has 0 atom stereocenters. The number of rotatable bonds is 1. The van der Waals surface area contributed by atoms with E-state index in [2.05, 4.69) is 24.6 Å². The van der Waals surface area contributed by atoms with Crippen LogP contribution < -0.4 is 0 Å². The third-order valence-electron chi connectivity index (χ3n) is 0.604. The van der Waals surface area contributed by atoms with Crippen molar-refractivity contribution in [1.82, 2.24) is 0 Å². The van der Waals surface area contributed by atoms with E-state index in [-0.39, 0.29) is 5.57 Å². The van der Waals surface area contributed by atoms with Crippen LogP contribution in [-0.4, -0.2) is 11.1 Å². The number of carboxylic acids is 1. The Labute approximate surface area is 71.3 Å². The molecule has 0 saturated heterocycles. The molecular formula is C9H9NO2. The summed E-state index contributed by atoms with van der Waals surface area (Å²) in [7, 11) is 0. The van der Waals surface area contributed by atoms with Crippen molar-refractivity contribution in [2.75, 3.05) is 0 Å². The molecule has 0 fully saturated rings. The third kappa shape index (κ3) is 15.7. The predicted octanol–water partition coefficient (Wildman–Crippen LogP) is 1.65. The molecule has 0 aliphatic rings. The van der Waals surface area contributed by atoms with Crippen molar-refractivity contribution >= 4 is 5.97 Å². The molecule has 0 radical (unpaired) electrons. The molecule has 0 aromatic carbocycles. The highest BCUT2D eigenvalue weighted by Crippen LogP contribution is 1.81. The van der Waals surface area contributed by atoms with Crippen LogP contribution in [0, 0.1) is 11.3 Å². The van der Waals surface area contributed by atoms with E-state index in [0.29, 0.717) is 0 Å². The first-order valence-corrected chi connectivity index (χ1v) is 2.94. The summed E-state index contributed by atoms with van der Waals surface area (Å²) in [4.78, 5) is 9.60. The third-order valence-corrected chi connectivity index (χ3v) is 0.604. The molecule has 0 heterocycles. The van der Waals surface area contributed by atoms with Crippen molar-refractivity contribution in [2.45, 2.75) is 6.92 Å². The summed E-state index contributed by atoms with van der Waals surface area (Å²) in [6.07, 6.45) is 1.19. The Morgan fingerprint density at radius 2 is 2.08 bits per heavy atom. The molecular weight excluding hydrogens is 154 g/mol. The number of carbonyl (C=O) groups is 1. The lowest BCUT2D eigenvalue weighted by Crippen LogP contribution is -1.92. The van der Waals surface area contributed by atoms with Crippen LogP contribution in [0.1, 0.15) is 6.92 Å². The monoisotopic (exact) mass is 163 g/mol. The highest BCUT2D eigenvalue weighted by molar-refractivity contribution is 5.84. The molecule has 3 nitrogen and oxygen atoms in total. The van der Waals surface area contributed by atoms with Gasteiger partial charge >= 0.3 is 5.97 Å². The molecule has 0 aliphatic heterocycles. The quantitative estimate of drug-likeness (QED) is 0.363. The van der Waals surface area contributed by atoms with Crippen LogP contribution >= 0.6 is 0 Å². The number of hydrogen-bond acceptors (Lipinski definition) is 2. The molecule has 62 valence electrons. The first-order chi connectivity index (χ1) is 5.56. The van der Waals surface area contributed by atoms with Gasteiger partial charge in [0.1, 0.15) is 6.07 Å². The van der Waals surface area contributed by atoms with Crippen LogP contribution in [0.5, 0.6) is 0 Å². The number of allylic oxidation sites excluding steroid dienone is 1. The van der Waals surface area contributed by atoms with Gasteiger partial charge in [-0.25, -0.2) is 4.79 Å². The van der Waals surface area contributed by atoms with Crippen LogP contribution in [0.2, 0.25) is 0 Å². The van der Waals surface area contributed by atoms with E-state index in [9.17, 15) is 4.79 Å². The average Bonchev–Trinajstić information content (AvgIpc) is 2.02. The summed E-state index contributed by atoms with van der Waals surface area (Å²) in [6, 6.07) is 1.73. The van der Waals surface area contributed by atoms with Crippen LogP contribution in [0.15, 0.2) is 36.3 Å². The van der Waals surface area contributed by atoms with E-state index in [1.54, 1.807) is 6.07 Å². The molecule has 0 aromatic rings. The number of nitriles is 1. The molecule has 0 spiro atoms. The van der Waals surface area contributed by atoms with Crippen LogP contribution in [0.4, 0.5) is 0 Å². The van der Waals surface area contributed by atoms with Crippen molar-refractivity contribution in [3.63, 3.8) is 0 Å². The second-order valence-electron chi connectivity index (χ2n) is 1.68. The van der Waals surface area contributed by atoms with Gasteiger partial charge in [0.15, 0.2) is 0 Å². The van der Waals surface area contributed by atoms with Crippen molar-refractivity contribution < 1.29 is 9.90 Å². The molecule has 0 aromatic heterocycles. The minimum absolute atomic E-state index is 0.176. The second-order valence-corrected chi connectivity index (χ2v) is 1.68. The van der Waals surface area contributed by atoms with E-state index < -0.39 is 5.97 Å². The molecule has 0 rings (SSSR count). The van der Waals surface area contributed by atoms with Gasteiger partial charge in [-0.1, -0.05) is 18.0 Å². The SMILES string of the molecule is C=C(C)C(=O)O.C=C=C=CC#N. The standard InChI is InChI=1S/C5H3N.C4H6O2/c1-2-3-4-5-6;1-3(2)4(5)6/h4H,1H2;1H2,2H3,(H,5,6). The fourth-order valence-electron chi connectivity index (χ4n) is 0.0833. The summed E-state index contributed by atoms with van der Waals surface area (Å²) < 4.78 is 0. The fourth-order valence-corrected chi connectivity index (χ4v) is 0.0833. The zero-order chi connectivity index (χ0) is 9.98. The molecule has 12 heavy (non-hydrogen) atoms. The fraction of sp³-hybridized carbons (Fsp3) is 0.111. The molecule has 1 N–H and O–H groups in total. The minimum Gasteiger partial charge on any atom is -0.478 e. The zero-order valence-electron chi connectivity index (χ0n) is 6.79. The number of nitrogens with zero attached hydrogens (tertiary/aromatic N) is 1. The molecule has 0 aliphatic carbocycles. The summed E-state index contributed by atoms with van der Waals surface area (Å²) in [5.41, 5.74) is 4.82. The molecule has 0 bridgehead atoms. The Kier molecular flexibility index (Phi) is 9.49. The predicted molar refractivity (Wildman–Crippen MR) is 45.3 cm³/mol. The summed E-state index contributed by atoms with van der Waals surface area (Å²) in [6.45, 7) is 7.78. The smallest absolute Gasteiger partial charge is 0.330 e. The van der Waals surface area contributed by atoms with Crippen LogP contribution in [-0.2, 0) is 4.79 Å². The Morgan fingerprint density at radius 1 is 1.67 bits per heavy atom. The first-order valence-electron chi connectivity index (χ1n) is 2.94. The van der Waals surface area contributed by atoms with E-state index in [1.165, 1.54) is 13.0 Å². The normalized spacial score (nSPS) is 5.67. The Bertz CT molecular complexity index is 272. The van der Waals surface area contributed by atoms with Gasteiger partial charge < -0.3 is 5.11 Å². The van der Waals surface area contributed by atoms with Gasteiger partial charge in [0.2, 0.25) is 0 Å². The molecule has 0 amide bonds. The minimum atomic E-state index is -0.935. The summed E-state index contributed by atoms with van der Waals surface area (Å²) in [5.74, 6) is -0.935. The van der Waals surface area contributed by atoms with Gasteiger partial charge in [-0.05, 0) is 13.5 Å². The van der Waals surface area contributed by atoms with E-state index in [1.807, 2.05) is 0 Å². The van der Waals surface area contributed by atoms with Gasteiger partial charge in [-0.15, -0.1) is 0 Å². The zero-order valence-corrected chi connectivity index (χ0v) is 6.79.